The van der Waals surface area contributed by atoms with Crippen LogP contribution in [0.3, 0.4) is 0 Å². The third-order valence-corrected chi connectivity index (χ3v) is 3.05. The molecule has 19 heavy (non-hydrogen) atoms. The molecule has 106 valence electrons. The first-order valence-corrected chi connectivity index (χ1v) is 6.64. The van der Waals surface area contributed by atoms with Crippen LogP contribution < -0.4 is 5.32 Å². The van der Waals surface area contributed by atoms with Crippen molar-refractivity contribution in [2.24, 2.45) is 0 Å². The Morgan fingerprint density at radius 1 is 1.58 bits per heavy atom. The molecule has 2 N–H and O–H groups in total. The molecule has 0 radical (unpaired) electrons. The standard InChI is InChI=1S/C13H20ClN3O2/c1-9(2)17(5-4-6-18)13(19)10-7-11(14)12(15-3)16-8-10/h7-9,18H,4-6H2,1-3H3,(H,15,16). The van der Waals surface area contributed by atoms with Gasteiger partial charge in [0, 0.05) is 32.4 Å². The number of rotatable bonds is 6. The summed E-state index contributed by atoms with van der Waals surface area (Å²) in [5.74, 6) is 0.421. The fraction of sp³-hybridized carbons (Fsp3) is 0.538. The van der Waals surface area contributed by atoms with E-state index in [4.69, 9.17) is 16.7 Å². The van der Waals surface area contributed by atoms with E-state index in [0.29, 0.717) is 29.4 Å². The van der Waals surface area contributed by atoms with E-state index in [9.17, 15) is 4.79 Å². The van der Waals surface area contributed by atoms with E-state index >= 15 is 0 Å². The van der Waals surface area contributed by atoms with Crippen LogP contribution in [0.4, 0.5) is 5.82 Å². The molecular formula is C13H20ClN3O2. The smallest absolute Gasteiger partial charge is 0.255 e. The Kier molecular flexibility index (Phi) is 6.05. The molecule has 0 atom stereocenters. The number of carbonyl (C=O) groups excluding carboxylic acids is 1. The number of anilines is 1. The zero-order chi connectivity index (χ0) is 14.4. The van der Waals surface area contributed by atoms with E-state index in [2.05, 4.69) is 10.3 Å². The summed E-state index contributed by atoms with van der Waals surface area (Å²) in [6, 6.07) is 1.67. The highest BCUT2D eigenvalue weighted by Crippen LogP contribution is 2.20. The third kappa shape index (κ3) is 4.08. The van der Waals surface area contributed by atoms with Crippen molar-refractivity contribution in [3.63, 3.8) is 0 Å². The quantitative estimate of drug-likeness (QED) is 0.839. The number of nitrogens with one attached hydrogen (secondary N) is 1. The molecule has 1 heterocycles. The summed E-state index contributed by atoms with van der Waals surface area (Å²) in [4.78, 5) is 18.2. The minimum absolute atomic E-state index is 0.0572. The lowest BCUT2D eigenvalue weighted by Gasteiger charge is -2.26. The third-order valence-electron chi connectivity index (χ3n) is 2.77. The molecule has 6 heteroatoms. The van der Waals surface area contributed by atoms with Crippen molar-refractivity contribution in [2.75, 3.05) is 25.5 Å². The van der Waals surface area contributed by atoms with Gasteiger partial charge in [-0.05, 0) is 26.3 Å². The number of aliphatic hydroxyl groups excluding tert-OH is 1. The second-order valence-electron chi connectivity index (χ2n) is 4.47. The largest absolute Gasteiger partial charge is 0.396 e. The molecule has 1 aromatic heterocycles. The summed E-state index contributed by atoms with van der Waals surface area (Å²) in [5.41, 5.74) is 0.454. The van der Waals surface area contributed by atoms with Gasteiger partial charge >= 0.3 is 0 Å². The Bertz CT molecular complexity index is 438. The van der Waals surface area contributed by atoms with Crippen molar-refractivity contribution in [1.82, 2.24) is 9.88 Å². The van der Waals surface area contributed by atoms with Gasteiger partial charge < -0.3 is 15.3 Å². The number of amides is 1. The normalized spacial score (nSPS) is 10.6. The molecular weight excluding hydrogens is 266 g/mol. The molecule has 0 bridgehead atoms. The van der Waals surface area contributed by atoms with Crippen molar-refractivity contribution >= 4 is 23.3 Å². The van der Waals surface area contributed by atoms with Crippen molar-refractivity contribution in [2.45, 2.75) is 26.3 Å². The second-order valence-corrected chi connectivity index (χ2v) is 4.88. The highest BCUT2D eigenvalue weighted by Gasteiger charge is 2.19. The van der Waals surface area contributed by atoms with Gasteiger partial charge in [-0.1, -0.05) is 11.6 Å². The molecule has 0 aliphatic rings. The van der Waals surface area contributed by atoms with E-state index in [1.807, 2.05) is 13.8 Å². The van der Waals surface area contributed by atoms with Gasteiger partial charge in [-0.15, -0.1) is 0 Å². The Balaban J connectivity index is 2.93. The van der Waals surface area contributed by atoms with Gasteiger partial charge in [0.15, 0.2) is 0 Å². The number of hydrogen-bond donors (Lipinski definition) is 2. The molecule has 0 saturated carbocycles. The minimum Gasteiger partial charge on any atom is -0.396 e. The molecule has 0 spiro atoms. The van der Waals surface area contributed by atoms with Crippen molar-refractivity contribution in [3.05, 3.63) is 22.8 Å². The van der Waals surface area contributed by atoms with Crippen LogP contribution in [0.2, 0.25) is 5.02 Å². The molecule has 1 rings (SSSR count). The van der Waals surface area contributed by atoms with Gasteiger partial charge in [-0.2, -0.15) is 0 Å². The average Bonchev–Trinajstić information content (AvgIpc) is 2.38. The topological polar surface area (TPSA) is 65.5 Å². The Labute approximate surface area is 118 Å². The predicted octanol–water partition coefficient (Wildman–Crippen LogP) is 2.01. The lowest BCUT2D eigenvalue weighted by Crippen LogP contribution is -2.38. The Morgan fingerprint density at radius 3 is 2.74 bits per heavy atom. The van der Waals surface area contributed by atoms with Gasteiger partial charge in [0.25, 0.3) is 5.91 Å². The minimum atomic E-state index is -0.125. The molecule has 1 aromatic rings. The van der Waals surface area contributed by atoms with Gasteiger partial charge in [-0.25, -0.2) is 4.98 Å². The molecule has 0 saturated heterocycles. The summed E-state index contributed by atoms with van der Waals surface area (Å²) in [7, 11) is 1.72. The van der Waals surface area contributed by atoms with E-state index in [1.54, 1.807) is 18.0 Å². The van der Waals surface area contributed by atoms with Gasteiger partial charge in [0.2, 0.25) is 0 Å². The molecule has 1 amide bonds. The first-order valence-electron chi connectivity index (χ1n) is 6.26. The van der Waals surface area contributed by atoms with Crippen LogP contribution in [0, 0.1) is 0 Å². The van der Waals surface area contributed by atoms with E-state index in [1.165, 1.54) is 6.20 Å². The SMILES string of the molecule is CNc1ncc(C(=O)N(CCCO)C(C)C)cc1Cl. The average molecular weight is 286 g/mol. The van der Waals surface area contributed by atoms with Crippen LogP contribution in [-0.2, 0) is 0 Å². The van der Waals surface area contributed by atoms with Crippen LogP contribution >= 0.6 is 11.6 Å². The number of pyridine rings is 1. The lowest BCUT2D eigenvalue weighted by molar-refractivity contribution is 0.0692. The van der Waals surface area contributed by atoms with Crippen LogP contribution in [0.1, 0.15) is 30.6 Å². The number of aromatic nitrogens is 1. The monoisotopic (exact) mass is 285 g/mol. The maximum atomic E-state index is 12.4. The van der Waals surface area contributed by atoms with Crippen molar-refractivity contribution in [1.29, 1.82) is 0 Å². The molecule has 5 nitrogen and oxygen atoms in total. The zero-order valence-electron chi connectivity index (χ0n) is 11.5. The maximum absolute atomic E-state index is 12.4. The molecule has 0 aliphatic heterocycles. The van der Waals surface area contributed by atoms with Crippen molar-refractivity contribution < 1.29 is 9.90 Å². The summed E-state index contributed by atoms with van der Waals surface area (Å²) in [5, 5.41) is 12.1. The van der Waals surface area contributed by atoms with E-state index in [0.717, 1.165) is 0 Å². The number of halogens is 1. The first kappa shape index (κ1) is 15.7. The highest BCUT2D eigenvalue weighted by molar-refractivity contribution is 6.33. The second kappa shape index (κ2) is 7.31. The number of carbonyl (C=O) groups is 1. The highest BCUT2D eigenvalue weighted by atomic mass is 35.5. The zero-order valence-corrected chi connectivity index (χ0v) is 12.2. The fourth-order valence-electron chi connectivity index (χ4n) is 1.74. The van der Waals surface area contributed by atoms with Crippen LogP contribution in [0.5, 0.6) is 0 Å². The Morgan fingerprint density at radius 2 is 2.26 bits per heavy atom. The van der Waals surface area contributed by atoms with E-state index in [-0.39, 0.29) is 18.6 Å². The molecule has 0 unspecified atom stereocenters. The lowest BCUT2D eigenvalue weighted by atomic mass is 10.2. The van der Waals surface area contributed by atoms with Gasteiger partial charge in [-0.3, -0.25) is 4.79 Å². The summed E-state index contributed by atoms with van der Waals surface area (Å²) in [6.45, 7) is 4.45. The van der Waals surface area contributed by atoms with Gasteiger partial charge in [0.05, 0.1) is 10.6 Å². The summed E-state index contributed by atoms with van der Waals surface area (Å²) < 4.78 is 0. The maximum Gasteiger partial charge on any atom is 0.255 e. The first-order chi connectivity index (χ1) is 9.01. The van der Waals surface area contributed by atoms with E-state index < -0.39 is 0 Å². The van der Waals surface area contributed by atoms with Crippen LogP contribution in [0.25, 0.3) is 0 Å². The van der Waals surface area contributed by atoms with Crippen LogP contribution in [0.15, 0.2) is 12.3 Å². The number of hydrogen-bond acceptors (Lipinski definition) is 4. The molecule has 0 aliphatic carbocycles. The number of aliphatic hydroxyl groups is 1. The molecule has 0 fully saturated rings. The van der Waals surface area contributed by atoms with Crippen molar-refractivity contribution in [3.8, 4) is 0 Å². The predicted molar refractivity (Wildman–Crippen MR) is 76.7 cm³/mol. The molecule has 0 aromatic carbocycles. The Hall–Kier alpha value is -1.33. The fourth-order valence-corrected chi connectivity index (χ4v) is 2.00. The summed E-state index contributed by atoms with van der Waals surface area (Å²) in [6.07, 6.45) is 2.06. The van der Waals surface area contributed by atoms with Gasteiger partial charge in [0.1, 0.15) is 5.82 Å². The summed E-state index contributed by atoms with van der Waals surface area (Å²) >= 11 is 6.03. The number of nitrogens with zero attached hydrogens (tertiary/aromatic N) is 2. The van der Waals surface area contributed by atoms with Crippen LogP contribution in [-0.4, -0.2) is 47.1 Å².